The predicted octanol–water partition coefficient (Wildman–Crippen LogP) is 4.13. The largest absolute Gasteiger partial charge is 0.490 e. The molecule has 180 valence electrons. The third-order valence-corrected chi connectivity index (χ3v) is 4.60. The zero-order valence-corrected chi connectivity index (χ0v) is 19.0. The van der Waals surface area contributed by atoms with Crippen LogP contribution in [0.3, 0.4) is 0 Å². The zero-order valence-electron chi connectivity index (χ0n) is 19.0. The lowest BCUT2D eigenvalue weighted by atomic mass is 10.2. The number of nitro benzene ring substituents is 1. The van der Waals surface area contributed by atoms with Crippen LogP contribution in [0.2, 0.25) is 0 Å². The van der Waals surface area contributed by atoms with Crippen molar-refractivity contribution in [2.24, 2.45) is 5.10 Å². The Morgan fingerprint density at radius 1 is 1.06 bits per heavy atom. The third-order valence-electron chi connectivity index (χ3n) is 4.60. The molecule has 0 unspecified atom stereocenters. The number of rotatable bonds is 10. The second-order valence-electron chi connectivity index (χ2n) is 7.14. The fourth-order valence-corrected chi connectivity index (χ4v) is 2.86. The molecule has 10 heteroatoms. The molecule has 0 bridgehead atoms. The first-order chi connectivity index (χ1) is 16.9. The van der Waals surface area contributed by atoms with Crippen LogP contribution in [0.25, 0.3) is 0 Å². The van der Waals surface area contributed by atoms with Gasteiger partial charge in [0.1, 0.15) is 5.75 Å². The molecule has 0 heterocycles. The Morgan fingerprint density at radius 2 is 1.77 bits per heavy atom. The first-order valence-corrected chi connectivity index (χ1v) is 10.7. The van der Waals surface area contributed by atoms with Gasteiger partial charge in [-0.25, -0.2) is 10.2 Å². The Balaban J connectivity index is 1.60. The topological polar surface area (TPSA) is 129 Å². The summed E-state index contributed by atoms with van der Waals surface area (Å²) in [5, 5.41) is 14.6. The summed E-state index contributed by atoms with van der Waals surface area (Å²) >= 11 is 0. The highest BCUT2D eigenvalue weighted by Gasteiger charge is 2.15. The van der Waals surface area contributed by atoms with E-state index in [2.05, 4.69) is 10.5 Å². The zero-order chi connectivity index (χ0) is 25.2. The summed E-state index contributed by atoms with van der Waals surface area (Å²) in [5.74, 6) is -0.113. The Kier molecular flexibility index (Phi) is 8.49. The third kappa shape index (κ3) is 7.13. The van der Waals surface area contributed by atoms with Gasteiger partial charge < -0.3 is 14.2 Å². The van der Waals surface area contributed by atoms with Crippen molar-refractivity contribution in [2.75, 3.05) is 6.61 Å². The van der Waals surface area contributed by atoms with E-state index < -0.39 is 22.9 Å². The van der Waals surface area contributed by atoms with Gasteiger partial charge in [0.2, 0.25) is 0 Å². The molecule has 3 rings (SSSR count). The summed E-state index contributed by atoms with van der Waals surface area (Å²) in [4.78, 5) is 34.8. The van der Waals surface area contributed by atoms with Crippen molar-refractivity contribution < 1.29 is 28.7 Å². The molecule has 0 saturated carbocycles. The minimum absolute atomic E-state index is 0.0775. The van der Waals surface area contributed by atoms with Crippen LogP contribution in [0.15, 0.2) is 77.9 Å². The van der Waals surface area contributed by atoms with Crippen LogP contribution in [-0.2, 0) is 4.79 Å². The number of hydrogen-bond acceptors (Lipinski definition) is 8. The highest BCUT2D eigenvalue weighted by Crippen LogP contribution is 2.29. The van der Waals surface area contributed by atoms with Crippen molar-refractivity contribution >= 4 is 23.8 Å². The van der Waals surface area contributed by atoms with Gasteiger partial charge >= 0.3 is 5.97 Å². The molecule has 0 fully saturated rings. The van der Waals surface area contributed by atoms with Gasteiger partial charge in [-0.1, -0.05) is 18.2 Å². The molecule has 0 saturated heterocycles. The van der Waals surface area contributed by atoms with Gasteiger partial charge in [-0.3, -0.25) is 14.9 Å². The lowest BCUT2D eigenvalue weighted by Crippen LogP contribution is -2.33. The van der Waals surface area contributed by atoms with Crippen LogP contribution in [0.4, 0.5) is 5.69 Å². The van der Waals surface area contributed by atoms with Crippen molar-refractivity contribution in [2.45, 2.75) is 20.0 Å². The summed E-state index contributed by atoms with van der Waals surface area (Å²) < 4.78 is 16.5. The van der Waals surface area contributed by atoms with Crippen molar-refractivity contribution in [3.63, 3.8) is 0 Å². The van der Waals surface area contributed by atoms with Crippen molar-refractivity contribution in [1.29, 1.82) is 0 Å². The highest BCUT2D eigenvalue weighted by molar-refractivity contribution is 5.91. The Bertz CT molecular complexity index is 1210. The number of carbonyl (C=O) groups is 2. The monoisotopic (exact) mass is 477 g/mol. The Morgan fingerprint density at radius 3 is 2.43 bits per heavy atom. The number of nitro groups is 1. The number of esters is 1. The van der Waals surface area contributed by atoms with Crippen LogP contribution < -0.4 is 19.6 Å². The number of nitrogens with one attached hydrogen (secondary N) is 1. The minimum atomic E-state index is -0.896. The van der Waals surface area contributed by atoms with Gasteiger partial charge in [-0.2, -0.15) is 5.10 Å². The number of carbonyl (C=O) groups excluding carboxylic acids is 2. The summed E-state index contributed by atoms with van der Waals surface area (Å²) in [6, 6.07) is 18.8. The average molecular weight is 477 g/mol. The van der Waals surface area contributed by atoms with Crippen LogP contribution in [-0.4, -0.2) is 35.7 Å². The first-order valence-electron chi connectivity index (χ1n) is 10.7. The van der Waals surface area contributed by atoms with Crippen molar-refractivity contribution in [3.8, 4) is 17.2 Å². The molecule has 0 aliphatic rings. The SMILES string of the molecule is CCOc1cc(/C=N\NC(=O)[C@@H](C)Oc2ccc([N+](=O)[O-])cc2)ccc1OC(=O)c1ccccc1. The van der Waals surface area contributed by atoms with Gasteiger partial charge in [-0.05, 0) is 61.9 Å². The second kappa shape index (κ2) is 11.9. The molecule has 10 nitrogen and oxygen atoms in total. The molecule has 0 radical (unpaired) electrons. The fraction of sp³-hybridized carbons (Fsp3) is 0.160. The van der Waals surface area contributed by atoms with Crippen molar-refractivity contribution in [1.82, 2.24) is 5.43 Å². The quantitative estimate of drug-likeness (QED) is 0.153. The van der Waals surface area contributed by atoms with E-state index >= 15 is 0 Å². The van der Waals surface area contributed by atoms with Crippen LogP contribution >= 0.6 is 0 Å². The molecule has 35 heavy (non-hydrogen) atoms. The second-order valence-corrected chi connectivity index (χ2v) is 7.14. The minimum Gasteiger partial charge on any atom is -0.490 e. The van der Waals surface area contributed by atoms with Gasteiger partial charge in [0.25, 0.3) is 11.6 Å². The molecule has 1 atom stereocenters. The maximum atomic E-state index is 12.4. The van der Waals surface area contributed by atoms with E-state index in [9.17, 15) is 19.7 Å². The van der Waals surface area contributed by atoms with E-state index in [0.717, 1.165) is 0 Å². The molecule has 3 aromatic carbocycles. The van der Waals surface area contributed by atoms with E-state index in [1.165, 1.54) is 37.4 Å². The van der Waals surface area contributed by atoms with Crippen molar-refractivity contribution in [3.05, 3.63) is 94.0 Å². The summed E-state index contributed by atoms with van der Waals surface area (Å²) in [7, 11) is 0. The number of ether oxygens (including phenoxy) is 3. The molecule has 0 aromatic heterocycles. The Labute approximate surface area is 201 Å². The molecular weight excluding hydrogens is 454 g/mol. The van der Waals surface area contributed by atoms with E-state index in [-0.39, 0.29) is 11.4 Å². The van der Waals surface area contributed by atoms with Gasteiger partial charge in [-0.15, -0.1) is 0 Å². The molecule has 0 aliphatic carbocycles. The smallest absolute Gasteiger partial charge is 0.343 e. The normalized spacial score (nSPS) is 11.5. The van der Waals surface area contributed by atoms with Crippen LogP contribution in [0.1, 0.15) is 29.8 Å². The molecule has 0 spiro atoms. The molecule has 1 N–H and O–H groups in total. The molecular formula is C25H23N3O7. The van der Waals surface area contributed by atoms with E-state index in [4.69, 9.17) is 14.2 Å². The predicted molar refractivity (Wildman–Crippen MR) is 128 cm³/mol. The van der Waals surface area contributed by atoms with E-state index in [1.54, 1.807) is 55.5 Å². The van der Waals surface area contributed by atoms with Crippen LogP contribution in [0.5, 0.6) is 17.2 Å². The maximum absolute atomic E-state index is 12.4. The summed E-state index contributed by atoms with van der Waals surface area (Å²) in [5.41, 5.74) is 3.30. The Hall–Kier alpha value is -4.73. The first kappa shape index (κ1) is 24.9. The van der Waals surface area contributed by atoms with Gasteiger partial charge in [0, 0.05) is 12.1 Å². The van der Waals surface area contributed by atoms with Gasteiger partial charge in [0.05, 0.1) is 23.3 Å². The van der Waals surface area contributed by atoms with E-state index in [0.29, 0.717) is 29.2 Å². The average Bonchev–Trinajstić information content (AvgIpc) is 2.86. The molecule has 0 aliphatic heterocycles. The molecule has 1 amide bonds. The highest BCUT2D eigenvalue weighted by atomic mass is 16.6. The number of nitrogens with zero attached hydrogens (tertiary/aromatic N) is 2. The summed E-state index contributed by atoms with van der Waals surface area (Å²) in [6.07, 6.45) is 0.509. The van der Waals surface area contributed by atoms with Crippen LogP contribution in [0, 0.1) is 10.1 Å². The summed E-state index contributed by atoms with van der Waals surface area (Å²) in [6.45, 7) is 3.68. The van der Waals surface area contributed by atoms with Gasteiger partial charge in [0.15, 0.2) is 17.6 Å². The number of hydrogen-bond donors (Lipinski definition) is 1. The fourth-order valence-electron chi connectivity index (χ4n) is 2.86. The lowest BCUT2D eigenvalue weighted by Gasteiger charge is -2.13. The van der Waals surface area contributed by atoms with E-state index in [1.807, 2.05) is 0 Å². The maximum Gasteiger partial charge on any atom is 0.343 e. The molecule has 3 aromatic rings. The number of non-ortho nitro benzene ring substituents is 1. The standard InChI is InChI=1S/C25H23N3O7/c1-3-33-23-15-18(9-14-22(23)35-25(30)19-7-5-4-6-8-19)16-26-27-24(29)17(2)34-21-12-10-20(11-13-21)28(31)32/h4-17H,3H2,1-2H3,(H,27,29)/b26-16-/t17-/m1/s1. The number of benzene rings is 3. The number of hydrazone groups is 1. The lowest BCUT2D eigenvalue weighted by molar-refractivity contribution is -0.384. The number of amides is 1.